The van der Waals surface area contributed by atoms with Crippen LogP contribution in [0, 0.1) is 13.8 Å². The molecular formula is C26H38N2O4. The van der Waals surface area contributed by atoms with Gasteiger partial charge in [-0.25, -0.2) is 9.59 Å². The summed E-state index contributed by atoms with van der Waals surface area (Å²) in [6.45, 7) is 15.3. The quantitative estimate of drug-likeness (QED) is 0.531. The summed E-state index contributed by atoms with van der Waals surface area (Å²) >= 11 is 0. The summed E-state index contributed by atoms with van der Waals surface area (Å²) < 4.78 is 15.6. The van der Waals surface area contributed by atoms with Crippen molar-refractivity contribution >= 4 is 11.9 Å². The maximum atomic E-state index is 12.7. The molecule has 2 heterocycles. The Morgan fingerprint density at radius 2 is 1.09 bits per heavy atom. The van der Waals surface area contributed by atoms with E-state index in [-0.39, 0.29) is 24.0 Å². The molecule has 0 aliphatic heterocycles. The zero-order valence-corrected chi connectivity index (χ0v) is 20.8. The Bertz CT molecular complexity index is 904. The molecule has 0 radical (unpaired) electrons. The standard InChI is InChI=1S/C26H38N2O4/c1-17-19(23(29)31-25(3,4)5)13-15-27(17)21-11-9-10-12-22(21)28-16-14-20(18(28)2)24(30)32-26(6,7)8/h13-16,21-22H,9-12H2,1-8H3/t21-,22-/m1/s1. The predicted molar refractivity (Wildman–Crippen MR) is 125 cm³/mol. The van der Waals surface area contributed by atoms with Crippen molar-refractivity contribution in [1.29, 1.82) is 0 Å². The number of aromatic nitrogens is 2. The molecule has 1 aliphatic rings. The Balaban J connectivity index is 1.90. The summed E-state index contributed by atoms with van der Waals surface area (Å²) in [5, 5.41) is 0. The van der Waals surface area contributed by atoms with Crippen LogP contribution in [0.2, 0.25) is 0 Å². The molecule has 32 heavy (non-hydrogen) atoms. The lowest BCUT2D eigenvalue weighted by Gasteiger charge is -2.35. The molecule has 6 nitrogen and oxygen atoms in total. The summed E-state index contributed by atoms with van der Waals surface area (Å²) in [6, 6.07) is 4.14. The lowest BCUT2D eigenvalue weighted by molar-refractivity contribution is 0.00553. The molecule has 1 aliphatic carbocycles. The van der Waals surface area contributed by atoms with Gasteiger partial charge >= 0.3 is 11.9 Å². The van der Waals surface area contributed by atoms with Crippen LogP contribution in [0.4, 0.5) is 0 Å². The smallest absolute Gasteiger partial charge is 0.340 e. The van der Waals surface area contributed by atoms with Gasteiger partial charge < -0.3 is 18.6 Å². The second-order valence-electron chi connectivity index (χ2n) is 10.9. The number of esters is 2. The molecular weight excluding hydrogens is 404 g/mol. The first-order valence-corrected chi connectivity index (χ1v) is 11.6. The molecule has 0 unspecified atom stereocenters. The molecule has 176 valence electrons. The van der Waals surface area contributed by atoms with Crippen LogP contribution in [-0.4, -0.2) is 32.3 Å². The lowest BCUT2D eigenvalue weighted by Crippen LogP contribution is -2.28. The molecule has 1 saturated carbocycles. The second kappa shape index (κ2) is 8.80. The molecule has 0 spiro atoms. The van der Waals surface area contributed by atoms with Gasteiger partial charge in [-0.3, -0.25) is 0 Å². The van der Waals surface area contributed by atoms with E-state index in [0.29, 0.717) is 11.1 Å². The average Bonchev–Trinajstić information content (AvgIpc) is 3.21. The van der Waals surface area contributed by atoms with Crippen LogP contribution < -0.4 is 0 Å². The van der Waals surface area contributed by atoms with Gasteiger partial charge in [0.15, 0.2) is 0 Å². The Morgan fingerprint density at radius 3 is 1.41 bits per heavy atom. The van der Waals surface area contributed by atoms with Gasteiger partial charge in [-0.05, 0) is 80.4 Å². The maximum Gasteiger partial charge on any atom is 0.340 e. The third-order valence-electron chi connectivity index (χ3n) is 6.00. The van der Waals surface area contributed by atoms with Gasteiger partial charge in [-0.2, -0.15) is 0 Å². The van der Waals surface area contributed by atoms with Crippen molar-refractivity contribution in [3.63, 3.8) is 0 Å². The molecule has 6 heteroatoms. The summed E-state index contributed by atoms with van der Waals surface area (Å²) in [7, 11) is 0. The van der Waals surface area contributed by atoms with E-state index >= 15 is 0 Å². The van der Waals surface area contributed by atoms with Gasteiger partial charge in [0.05, 0.1) is 23.2 Å². The molecule has 0 saturated heterocycles. The van der Waals surface area contributed by atoms with Gasteiger partial charge in [-0.15, -0.1) is 0 Å². The molecule has 2 atom stereocenters. The van der Waals surface area contributed by atoms with E-state index in [0.717, 1.165) is 37.1 Å². The Labute approximate surface area is 191 Å². The minimum absolute atomic E-state index is 0.206. The van der Waals surface area contributed by atoms with Gasteiger partial charge in [0.25, 0.3) is 0 Å². The highest BCUT2D eigenvalue weighted by atomic mass is 16.6. The maximum absolute atomic E-state index is 12.7. The van der Waals surface area contributed by atoms with E-state index in [2.05, 4.69) is 9.13 Å². The van der Waals surface area contributed by atoms with Crippen LogP contribution in [0.3, 0.4) is 0 Å². The fourth-order valence-corrected chi connectivity index (χ4v) is 4.61. The van der Waals surface area contributed by atoms with Crippen molar-refractivity contribution in [3.05, 3.63) is 47.0 Å². The molecule has 0 amide bonds. The summed E-state index contributed by atoms with van der Waals surface area (Å²) in [4.78, 5) is 25.4. The van der Waals surface area contributed by atoms with Gasteiger partial charge in [-0.1, -0.05) is 12.8 Å². The van der Waals surface area contributed by atoms with Gasteiger partial charge in [0.1, 0.15) is 11.2 Å². The van der Waals surface area contributed by atoms with Gasteiger partial charge in [0.2, 0.25) is 0 Å². The summed E-state index contributed by atoms with van der Waals surface area (Å²) in [6.07, 6.45) is 8.33. The topological polar surface area (TPSA) is 62.5 Å². The monoisotopic (exact) mass is 442 g/mol. The predicted octanol–water partition coefficient (Wildman–Crippen LogP) is 6.17. The third-order valence-corrected chi connectivity index (χ3v) is 6.00. The van der Waals surface area contributed by atoms with E-state index < -0.39 is 11.2 Å². The normalized spacial score (nSPS) is 19.6. The van der Waals surface area contributed by atoms with Crippen molar-refractivity contribution in [2.45, 2.75) is 104 Å². The van der Waals surface area contributed by atoms with E-state index in [1.165, 1.54) is 0 Å². The third kappa shape index (κ3) is 5.28. The average molecular weight is 443 g/mol. The summed E-state index contributed by atoms with van der Waals surface area (Å²) in [5.74, 6) is -0.573. The molecule has 2 aromatic rings. The molecule has 3 rings (SSSR count). The number of hydrogen-bond acceptors (Lipinski definition) is 4. The Kier molecular flexibility index (Phi) is 6.64. The zero-order chi connectivity index (χ0) is 23.8. The minimum atomic E-state index is -0.528. The number of carbonyl (C=O) groups is 2. The van der Waals surface area contributed by atoms with Crippen molar-refractivity contribution < 1.29 is 19.1 Å². The van der Waals surface area contributed by atoms with Crippen LogP contribution in [-0.2, 0) is 9.47 Å². The van der Waals surface area contributed by atoms with Gasteiger partial charge in [0, 0.05) is 23.8 Å². The van der Waals surface area contributed by atoms with Crippen molar-refractivity contribution in [2.24, 2.45) is 0 Å². The highest BCUT2D eigenvalue weighted by Crippen LogP contribution is 2.40. The Morgan fingerprint density at radius 1 is 0.750 bits per heavy atom. The first kappa shape index (κ1) is 24.1. The minimum Gasteiger partial charge on any atom is -0.456 e. The van der Waals surface area contributed by atoms with Crippen molar-refractivity contribution in [3.8, 4) is 0 Å². The fraction of sp³-hybridized carbons (Fsp3) is 0.615. The largest absolute Gasteiger partial charge is 0.456 e. The fourth-order valence-electron chi connectivity index (χ4n) is 4.61. The number of nitrogens with zero attached hydrogens (tertiary/aromatic N) is 2. The summed E-state index contributed by atoms with van der Waals surface area (Å²) in [5.41, 5.74) is 2.02. The molecule has 0 aromatic carbocycles. The Hall–Kier alpha value is -2.50. The zero-order valence-electron chi connectivity index (χ0n) is 20.8. The molecule has 1 fully saturated rings. The van der Waals surface area contributed by atoms with Crippen molar-refractivity contribution in [2.75, 3.05) is 0 Å². The SMILES string of the molecule is Cc1c(C(=O)OC(C)(C)C)ccn1[C@@H]1CCCC[C@H]1n1ccc(C(=O)OC(C)(C)C)c1C. The van der Waals surface area contributed by atoms with E-state index in [4.69, 9.17) is 9.47 Å². The van der Waals surface area contributed by atoms with Crippen LogP contribution >= 0.6 is 0 Å². The van der Waals surface area contributed by atoms with Crippen molar-refractivity contribution in [1.82, 2.24) is 9.13 Å². The first-order chi connectivity index (χ1) is 14.8. The van der Waals surface area contributed by atoms with E-state index in [1.807, 2.05) is 79.9 Å². The van der Waals surface area contributed by atoms with E-state index in [1.54, 1.807) is 0 Å². The highest BCUT2D eigenvalue weighted by Gasteiger charge is 2.32. The number of carbonyl (C=O) groups excluding carboxylic acids is 2. The highest BCUT2D eigenvalue weighted by molar-refractivity contribution is 5.91. The van der Waals surface area contributed by atoms with Crippen LogP contribution in [0.15, 0.2) is 24.5 Å². The van der Waals surface area contributed by atoms with Crippen LogP contribution in [0.1, 0.15) is 111 Å². The molecule has 2 aromatic heterocycles. The first-order valence-electron chi connectivity index (χ1n) is 11.6. The number of ether oxygens (including phenoxy) is 2. The molecule has 0 bridgehead atoms. The number of rotatable bonds is 4. The second-order valence-corrected chi connectivity index (χ2v) is 10.9. The van der Waals surface area contributed by atoms with Crippen LogP contribution in [0.5, 0.6) is 0 Å². The lowest BCUT2D eigenvalue weighted by atomic mass is 9.89. The van der Waals surface area contributed by atoms with Crippen LogP contribution in [0.25, 0.3) is 0 Å². The molecule has 0 N–H and O–H groups in total. The number of hydrogen-bond donors (Lipinski definition) is 0. The van der Waals surface area contributed by atoms with E-state index in [9.17, 15) is 9.59 Å².